The van der Waals surface area contributed by atoms with E-state index in [1.807, 2.05) is 0 Å². The molecule has 3 aromatic carbocycles. The highest BCUT2D eigenvalue weighted by Crippen LogP contribution is 2.53. The summed E-state index contributed by atoms with van der Waals surface area (Å²) in [4.78, 5) is 0. The number of phenolic OH excluding ortho intramolecular Hbond substituents is 2. The zero-order chi connectivity index (χ0) is 31.5. The van der Waals surface area contributed by atoms with Crippen LogP contribution in [-0.2, 0) is 9.47 Å². The zero-order valence-electron chi connectivity index (χ0n) is 25.2. The van der Waals surface area contributed by atoms with Gasteiger partial charge in [0.2, 0.25) is 11.5 Å². The Morgan fingerprint density at radius 1 is 0.705 bits per heavy atom. The second kappa shape index (κ2) is 13.3. The normalized spacial score (nSPS) is 22.2. The first kappa shape index (κ1) is 31.3. The van der Waals surface area contributed by atoms with Crippen LogP contribution < -0.4 is 28.4 Å². The summed E-state index contributed by atoms with van der Waals surface area (Å²) in [6.07, 6.45) is -3.06. The highest BCUT2D eigenvalue weighted by Gasteiger charge is 2.48. The molecule has 0 spiro atoms. The van der Waals surface area contributed by atoms with Gasteiger partial charge in [-0.3, -0.25) is 0 Å². The maximum atomic E-state index is 11.0. The van der Waals surface area contributed by atoms with Gasteiger partial charge in [-0.25, -0.2) is 0 Å². The molecule has 0 radical (unpaired) electrons. The standard InChI is InChI=1S/C32H38O12/c1-37-22-7-6-16(8-21(22)34)28(35)27(13-33)44-32-25(40-4)11-18(12-26(32)41-5)31-20-15-42-30(19(20)14-43-31)17-9-23(38-2)29(36)24(10-17)39-3/h6-12,19-20,27-28,30-31,33-36H,13-15H2,1-5H3. The zero-order valence-corrected chi connectivity index (χ0v) is 25.2. The van der Waals surface area contributed by atoms with E-state index < -0.39 is 18.8 Å². The molecule has 2 fully saturated rings. The fourth-order valence-corrected chi connectivity index (χ4v) is 5.95. The molecule has 2 aliphatic heterocycles. The van der Waals surface area contributed by atoms with E-state index in [0.717, 1.165) is 11.1 Å². The molecule has 12 nitrogen and oxygen atoms in total. The second-order valence-electron chi connectivity index (χ2n) is 10.6. The molecule has 5 rings (SSSR count). The molecule has 0 saturated carbocycles. The molecule has 44 heavy (non-hydrogen) atoms. The van der Waals surface area contributed by atoms with Gasteiger partial charge in [0.1, 0.15) is 6.10 Å². The molecule has 238 valence electrons. The number of hydrogen-bond donors (Lipinski definition) is 4. The lowest BCUT2D eigenvalue weighted by atomic mass is 9.84. The van der Waals surface area contributed by atoms with Crippen molar-refractivity contribution in [3.8, 4) is 46.0 Å². The Bertz CT molecular complexity index is 1410. The van der Waals surface area contributed by atoms with Crippen LogP contribution in [0.25, 0.3) is 0 Å². The number of aliphatic hydroxyl groups excluding tert-OH is 2. The lowest BCUT2D eigenvalue weighted by Gasteiger charge is -2.26. The number of ether oxygens (including phenoxy) is 8. The summed E-state index contributed by atoms with van der Waals surface area (Å²) >= 11 is 0. The predicted molar refractivity (Wildman–Crippen MR) is 156 cm³/mol. The van der Waals surface area contributed by atoms with Gasteiger partial charge in [-0.2, -0.15) is 0 Å². The minimum Gasteiger partial charge on any atom is -0.504 e. The van der Waals surface area contributed by atoms with E-state index in [9.17, 15) is 20.4 Å². The topological polar surface area (TPSA) is 155 Å². The van der Waals surface area contributed by atoms with Crippen molar-refractivity contribution in [2.75, 3.05) is 55.4 Å². The Hall–Kier alpha value is -4.10. The molecule has 6 unspecified atom stereocenters. The van der Waals surface area contributed by atoms with Crippen LogP contribution in [0.4, 0.5) is 0 Å². The summed E-state index contributed by atoms with van der Waals surface area (Å²) in [6.45, 7) is 0.326. The summed E-state index contributed by atoms with van der Waals surface area (Å²) in [5.74, 6) is 1.45. The number of hydrogen-bond acceptors (Lipinski definition) is 12. The first-order chi connectivity index (χ1) is 21.3. The molecule has 2 aliphatic rings. The summed E-state index contributed by atoms with van der Waals surface area (Å²) in [5.41, 5.74) is 1.91. The van der Waals surface area contributed by atoms with Gasteiger partial charge in [0.15, 0.2) is 40.6 Å². The fourth-order valence-electron chi connectivity index (χ4n) is 5.95. The van der Waals surface area contributed by atoms with E-state index in [1.54, 1.807) is 30.3 Å². The van der Waals surface area contributed by atoms with Gasteiger partial charge in [0.05, 0.1) is 67.6 Å². The molecule has 0 aliphatic carbocycles. The van der Waals surface area contributed by atoms with Gasteiger partial charge < -0.3 is 58.3 Å². The summed E-state index contributed by atoms with van der Waals surface area (Å²) in [7, 11) is 7.35. The number of phenols is 2. The number of aromatic hydroxyl groups is 2. The number of benzene rings is 3. The van der Waals surface area contributed by atoms with Crippen LogP contribution in [0.3, 0.4) is 0 Å². The van der Waals surface area contributed by atoms with Crippen molar-refractivity contribution in [2.45, 2.75) is 24.4 Å². The quantitative estimate of drug-likeness (QED) is 0.235. The molecule has 0 aromatic heterocycles. The van der Waals surface area contributed by atoms with Gasteiger partial charge in [-0.1, -0.05) is 6.07 Å². The van der Waals surface area contributed by atoms with Crippen LogP contribution in [0.15, 0.2) is 42.5 Å². The minimum absolute atomic E-state index is 0.00161. The average molecular weight is 615 g/mol. The Balaban J connectivity index is 1.39. The van der Waals surface area contributed by atoms with Gasteiger partial charge in [-0.15, -0.1) is 0 Å². The van der Waals surface area contributed by atoms with Crippen LogP contribution in [-0.4, -0.2) is 81.9 Å². The summed E-state index contributed by atoms with van der Waals surface area (Å²) < 4.78 is 45.7. The van der Waals surface area contributed by atoms with E-state index in [-0.39, 0.29) is 47.0 Å². The molecular formula is C32H38O12. The smallest absolute Gasteiger partial charge is 0.204 e. The van der Waals surface area contributed by atoms with Crippen molar-refractivity contribution in [3.63, 3.8) is 0 Å². The number of rotatable bonds is 12. The highest BCUT2D eigenvalue weighted by molar-refractivity contribution is 5.55. The third kappa shape index (κ3) is 5.73. The van der Waals surface area contributed by atoms with E-state index in [2.05, 4.69) is 0 Å². The van der Waals surface area contributed by atoms with Gasteiger partial charge in [0, 0.05) is 11.8 Å². The van der Waals surface area contributed by atoms with E-state index >= 15 is 0 Å². The predicted octanol–water partition coefficient (Wildman–Crippen LogP) is 3.69. The van der Waals surface area contributed by atoms with Gasteiger partial charge >= 0.3 is 0 Å². The van der Waals surface area contributed by atoms with Crippen LogP contribution in [0.2, 0.25) is 0 Å². The van der Waals surface area contributed by atoms with Crippen molar-refractivity contribution in [3.05, 3.63) is 59.2 Å². The molecule has 0 amide bonds. The molecule has 12 heteroatoms. The molecule has 3 aromatic rings. The van der Waals surface area contributed by atoms with Gasteiger partial charge in [0.25, 0.3) is 0 Å². The van der Waals surface area contributed by atoms with Crippen LogP contribution in [0, 0.1) is 11.8 Å². The Labute approximate surface area is 255 Å². The first-order valence-corrected chi connectivity index (χ1v) is 14.0. The Morgan fingerprint density at radius 2 is 1.18 bits per heavy atom. The van der Waals surface area contributed by atoms with Crippen LogP contribution in [0.1, 0.15) is 35.0 Å². The van der Waals surface area contributed by atoms with Crippen molar-refractivity contribution < 1.29 is 58.3 Å². The number of aliphatic hydroxyl groups is 2. The van der Waals surface area contributed by atoms with E-state index in [4.69, 9.17) is 37.9 Å². The molecular weight excluding hydrogens is 576 g/mol. The highest BCUT2D eigenvalue weighted by atomic mass is 16.6. The lowest BCUT2D eigenvalue weighted by molar-refractivity contribution is -0.00197. The fraction of sp³-hybridized carbons (Fsp3) is 0.438. The Morgan fingerprint density at radius 3 is 1.61 bits per heavy atom. The Kier molecular flexibility index (Phi) is 9.45. The van der Waals surface area contributed by atoms with Gasteiger partial charge in [-0.05, 0) is 53.1 Å². The molecule has 2 saturated heterocycles. The maximum Gasteiger partial charge on any atom is 0.204 e. The van der Waals surface area contributed by atoms with Crippen molar-refractivity contribution in [2.24, 2.45) is 11.8 Å². The maximum absolute atomic E-state index is 11.0. The summed E-state index contributed by atoms with van der Waals surface area (Å²) in [5, 5.41) is 41.7. The number of methoxy groups -OCH3 is 5. The van der Waals surface area contributed by atoms with Crippen molar-refractivity contribution >= 4 is 0 Å². The second-order valence-corrected chi connectivity index (χ2v) is 10.6. The summed E-state index contributed by atoms with van der Waals surface area (Å²) in [6, 6.07) is 11.5. The molecule has 4 N–H and O–H groups in total. The monoisotopic (exact) mass is 614 g/mol. The van der Waals surface area contributed by atoms with Crippen LogP contribution >= 0.6 is 0 Å². The molecule has 0 bridgehead atoms. The van der Waals surface area contributed by atoms with E-state index in [0.29, 0.717) is 41.8 Å². The average Bonchev–Trinajstić information content (AvgIpc) is 3.66. The number of fused-ring (bicyclic) bond motifs is 1. The first-order valence-electron chi connectivity index (χ1n) is 14.0. The lowest BCUT2D eigenvalue weighted by Crippen LogP contribution is -2.29. The van der Waals surface area contributed by atoms with Crippen LogP contribution in [0.5, 0.6) is 46.0 Å². The largest absolute Gasteiger partial charge is 0.504 e. The third-order valence-corrected chi connectivity index (χ3v) is 8.25. The van der Waals surface area contributed by atoms with Crippen molar-refractivity contribution in [1.82, 2.24) is 0 Å². The third-order valence-electron chi connectivity index (χ3n) is 8.25. The minimum atomic E-state index is -1.30. The molecule has 6 atom stereocenters. The molecule has 2 heterocycles. The van der Waals surface area contributed by atoms with E-state index in [1.165, 1.54) is 47.7 Å². The van der Waals surface area contributed by atoms with Crippen molar-refractivity contribution in [1.29, 1.82) is 0 Å². The SMILES string of the molecule is COc1ccc(C(O)C(CO)Oc2c(OC)cc(C3OCC4C(c5cc(OC)c(O)c(OC)c5)OCC34)cc2OC)cc1O.